The van der Waals surface area contributed by atoms with E-state index in [-0.39, 0.29) is 23.3 Å². The summed E-state index contributed by atoms with van der Waals surface area (Å²) in [6.07, 6.45) is 0. The Bertz CT molecular complexity index is 1340. The lowest BCUT2D eigenvalue weighted by Gasteiger charge is -2.32. The zero-order valence-electron chi connectivity index (χ0n) is 20.2. The minimum Gasteiger partial charge on any atom is -0.484 e. The molecule has 1 heterocycles. The monoisotopic (exact) mass is 542 g/mol. The number of ether oxygens (including phenoxy) is 1. The van der Waals surface area contributed by atoms with Crippen molar-refractivity contribution in [2.24, 2.45) is 0 Å². The van der Waals surface area contributed by atoms with Crippen LogP contribution < -0.4 is 14.8 Å². The van der Waals surface area contributed by atoms with Crippen molar-refractivity contribution >= 4 is 44.8 Å². The van der Waals surface area contributed by atoms with E-state index in [0.717, 1.165) is 13.1 Å². The minimum atomic E-state index is -3.79. The maximum absolute atomic E-state index is 12.6. The first-order valence-electron chi connectivity index (χ1n) is 11.6. The molecule has 0 aromatic heterocycles. The lowest BCUT2D eigenvalue weighted by molar-refractivity contribution is -0.118. The largest absolute Gasteiger partial charge is 0.484 e. The molecule has 3 aromatic rings. The second kappa shape index (κ2) is 11.6. The molecule has 9 nitrogen and oxygen atoms in total. The van der Waals surface area contributed by atoms with Gasteiger partial charge in [-0.25, -0.2) is 8.42 Å². The molecule has 2 amide bonds. The Hall–Kier alpha value is -3.60. The number of carbonyl (C=O) groups excluding carboxylic acids is 2. The summed E-state index contributed by atoms with van der Waals surface area (Å²) >= 11 is 5.83. The lowest BCUT2D eigenvalue weighted by Crippen LogP contribution is -2.47. The van der Waals surface area contributed by atoms with Crippen LogP contribution in [0.2, 0.25) is 5.02 Å². The van der Waals surface area contributed by atoms with E-state index >= 15 is 0 Å². The number of amides is 2. The second-order valence-electron chi connectivity index (χ2n) is 8.59. The molecule has 1 aliphatic rings. The summed E-state index contributed by atoms with van der Waals surface area (Å²) in [6.45, 7) is 2.81. The maximum Gasteiger partial charge on any atom is 0.262 e. The summed E-state index contributed by atoms with van der Waals surface area (Å²) in [4.78, 5) is 29.0. The summed E-state index contributed by atoms with van der Waals surface area (Å²) in [5, 5.41) is 3.22. The van der Waals surface area contributed by atoms with Crippen LogP contribution in [0.25, 0.3) is 0 Å². The van der Waals surface area contributed by atoms with Crippen molar-refractivity contribution < 1.29 is 22.7 Å². The number of hydrogen-bond donors (Lipinski definition) is 2. The van der Waals surface area contributed by atoms with E-state index in [4.69, 9.17) is 16.3 Å². The van der Waals surface area contributed by atoms with Crippen molar-refractivity contribution in [1.29, 1.82) is 0 Å². The Balaban J connectivity index is 1.26. The molecule has 2 N–H and O–H groups in total. The number of nitrogens with zero attached hydrogens (tertiary/aromatic N) is 2. The van der Waals surface area contributed by atoms with Gasteiger partial charge in [0.2, 0.25) is 0 Å². The number of sulfonamides is 1. The fraction of sp³-hybridized carbons (Fsp3) is 0.231. The molecular formula is C26H27ClN4O5S. The topological polar surface area (TPSA) is 108 Å². The second-order valence-corrected chi connectivity index (χ2v) is 10.7. The molecule has 1 aliphatic heterocycles. The SMILES string of the molecule is CN1CCN(C(=O)c2ccc(NC(=O)COc3ccc(S(=O)(=O)Nc4ccc(Cl)cc4)cc3)cc2)CC1. The highest BCUT2D eigenvalue weighted by molar-refractivity contribution is 7.92. The molecule has 4 rings (SSSR count). The van der Waals surface area contributed by atoms with Gasteiger partial charge in [0, 0.05) is 48.1 Å². The van der Waals surface area contributed by atoms with Crippen LogP contribution in [0.4, 0.5) is 11.4 Å². The molecule has 37 heavy (non-hydrogen) atoms. The van der Waals surface area contributed by atoms with Gasteiger partial charge in [-0.1, -0.05) is 11.6 Å². The molecule has 1 saturated heterocycles. The van der Waals surface area contributed by atoms with Crippen LogP contribution in [0, 0.1) is 0 Å². The first-order chi connectivity index (χ1) is 17.7. The first kappa shape index (κ1) is 26.5. The fourth-order valence-corrected chi connectivity index (χ4v) is 4.87. The molecule has 0 atom stereocenters. The highest BCUT2D eigenvalue weighted by Gasteiger charge is 2.20. The molecule has 0 saturated carbocycles. The zero-order chi connectivity index (χ0) is 26.4. The number of piperazine rings is 1. The predicted molar refractivity (Wildman–Crippen MR) is 143 cm³/mol. The summed E-state index contributed by atoms with van der Waals surface area (Å²) in [5.74, 6) is -0.0731. The number of nitrogens with one attached hydrogen (secondary N) is 2. The Labute approximate surface area is 221 Å². The molecule has 0 unspecified atom stereocenters. The van der Waals surface area contributed by atoms with Crippen LogP contribution in [0.15, 0.2) is 77.7 Å². The van der Waals surface area contributed by atoms with Crippen molar-refractivity contribution in [3.8, 4) is 5.75 Å². The van der Waals surface area contributed by atoms with Gasteiger partial charge in [-0.15, -0.1) is 0 Å². The lowest BCUT2D eigenvalue weighted by atomic mass is 10.1. The van der Waals surface area contributed by atoms with E-state index in [9.17, 15) is 18.0 Å². The van der Waals surface area contributed by atoms with Gasteiger partial charge in [-0.05, 0) is 79.8 Å². The average Bonchev–Trinajstić information content (AvgIpc) is 2.89. The van der Waals surface area contributed by atoms with Crippen molar-refractivity contribution in [3.63, 3.8) is 0 Å². The average molecular weight is 543 g/mol. The van der Waals surface area contributed by atoms with Gasteiger partial charge in [0.25, 0.3) is 21.8 Å². The number of rotatable bonds is 8. The number of anilines is 2. The third-order valence-electron chi connectivity index (χ3n) is 5.81. The van der Waals surface area contributed by atoms with Crippen LogP contribution in [-0.2, 0) is 14.8 Å². The standard InChI is InChI=1S/C26H27ClN4O5S/c1-30-14-16-31(17-15-30)26(33)19-2-6-21(7-3-19)28-25(32)18-36-23-10-12-24(13-11-23)37(34,35)29-22-8-4-20(27)5-9-22/h2-13,29H,14-18H2,1H3,(H,28,32). The van der Waals surface area contributed by atoms with Crippen molar-refractivity contribution in [1.82, 2.24) is 9.80 Å². The molecular weight excluding hydrogens is 516 g/mol. The fourth-order valence-electron chi connectivity index (χ4n) is 3.68. The molecule has 194 valence electrons. The smallest absolute Gasteiger partial charge is 0.262 e. The van der Waals surface area contributed by atoms with E-state index in [1.54, 1.807) is 48.5 Å². The van der Waals surface area contributed by atoms with Gasteiger partial charge in [-0.2, -0.15) is 0 Å². The van der Waals surface area contributed by atoms with E-state index in [0.29, 0.717) is 40.8 Å². The summed E-state index contributed by atoms with van der Waals surface area (Å²) in [5.41, 5.74) is 1.50. The Morgan fingerprint density at radius 3 is 2.08 bits per heavy atom. The number of hydrogen-bond acceptors (Lipinski definition) is 6. The van der Waals surface area contributed by atoms with Crippen molar-refractivity contribution in [2.45, 2.75) is 4.90 Å². The molecule has 3 aromatic carbocycles. The van der Waals surface area contributed by atoms with Crippen molar-refractivity contribution in [2.75, 3.05) is 49.9 Å². The van der Waals surface area contributed by atoms with E-state index in [1.165, 1.54) is 24.3 Å². The molecule has 11 heteroatoms. The summed E-state index contributed by atoms with van der Waals surface area (Å²) in [7, 11) is -1.76. The van der Waals surface area contributed by atoms with Gasteiger partial charge < -0.3 is 19.9 Å². The summed E-state index contributed by atoms with van der Waals surface area (Å²) in [6, 6.07) is 18.8. The Morgan fingerprint density at radius 1 is 0.865 bits per heavy atom. The van der Waals surface area contributed by atoms with Crippen LogP contribution in [0.3, 0.4) is 0 Å². The van der Waals surface area contributed by atoms with E-state index < -0.39 is 10.0 Å². The molecule has 0 aliphatic carbocycles. The van der Waals surface area contributed by atoms with Crippen LogP contribution >= 0.6 is 11.6 Å². The number of benzene rings is 3. The molecule has 1 fully saturated rings. The maximum atomic E-state index is 12.6. The van der Waals surface area contributed by atoms with Gasteiger partial charge >= 0.3 is 0 Å². The van der Waals surface area contributed by atoms with E-state index in [1.807, 2.05) is 11.9 Å². The normalized spacial score (nSPS) is 14.2. The number of carbonyl (C=O) groups is 2. The van der Waals surface area contributed by atoms with E-state index in [2.05, 4.69) is 14.9 Å². The number of likely N-dealkylation sites (N-methyl/N-ethyl adjacent to an activating group) is 1. The van der Waals surface area contributed by atoms with Gasteiger partial charge in [0.05, 0.1) is 4.90 Å². The van der Waals surface area contributed by atoms with Crippen LogP contribution in [-0.4, -0.2) is 69.9 Å². The highest BCUT2D eigenvalue weighted by Crippen LogP contribution is 2.21. The van der Waals surface area contributed by atoms with Gasteiger partial charge in [0.15, 0.2) is 6.61 Å². The molecule has 0 bridgehead atoms. The third kappa shape index (κ3) is 7.22. The van der Waals surface area contributed by atoms with Gasteiger partial charge in [-0.3, -0.25) is 14.3 Å². The predicted octanol–water partition coefficient (Wildman–Crippen LogP) is 3.55. The zero-order valence-corrected chi connectivity index (χ0v) is 21.8. The highest BCUT2D eigenvalue weighted by atomic mass is 35.5. The van der Waals surface area contributed by atoms with Gasteiger partial charge in [0.1, 0.15) is 5.75 Å². The third-order valence-corrected chi connectivity index (χ3v) is 7.46. The first-order valence-corrected chi connectivity index (χ1v) is 13.4. The van der Waals surface area contributed by atoms with Crippen LogP contribution in [0.5, 0.6) is 5.75 Å². The number of halogens is 1. The quantitative estimate of drug-likeness (QED) is 0.451. The molecule has 0 radical (unpaired) electrons. The Morgan fingerprint density at radius 2 is 1.46 bits per heavy atom. The molecule has 0 spiro atoms. The Kier molecular flexibility index (Phi) is 8.32. The van der Waals surface area contributed by atoms with Crippen LogP contribution in [0.1, 0.15) is 10.4 Å². The summed E-state index contributed by atoms with van der Waals surface area (Å²) < 4.78 is 33.1. The van der Waals surface area contributed by atoms with Crippen molar-refractivity contribution in [3.05, 3.63) is 83.4 Å². The minimum absolute atomic E-state index is 0.0249.